The van der Waals surface area contributed by atoms with Crippen LogP contribution in [0.2, 0.25) is 0 Å². The Morgan fingerprint density at radius 2 is 1.86 bits per heavy atom. The molecule has 0 amide bonds. The van der Waals surface area contributed by atoms with Gasteiger partial charge in [0.05, 0.1) is 11.9 Å². The van der Waals surface area contributed by atoms with Crippen LogP contribution in [-0.2, 0) is 16.6 Å². The van der Waals surface area contributed by atoms with Crippen LogP contribution >= 0.6 is 0 Å². The smallest absolute Gasteiger partial charge is 0.279 e. The van der Waals surface area contributed by atoms with E-state index in [9.17, 15) is 21.6 Å². The van der Waals surface area contributed by atoms with Gasteiger partial charge in [0.15, 0.2) is 22.5 Å². The maximum Gasteiger partial charge on any atom is 0.279 e. The second-order valence-corrected chi connectivity index (χ2v) is 5.73. The van der Waals surface area contributed by atoms with Crippen LogP contribution < -0.4 is 10.0 Å². The lowest BCUT2D eigenvalue weighted by Crippen LogP contribution is -2.17. The summed E-state index contributed by atoms with van der Waals surface area (Å²) in [5.41, 5.74) is -0.0931. The minimum absolute atomic E-state index is 0.221. The summed E-state index contributed by atoms with van der Waals surface area (Å²) in [6.45, 7) is 0.221. The Bertz CT molecular complexity index is 738. The third-order valence-electron chi connectivity index (χ3n) is 2.55. The molecule has 0 saturated heterocycles. The molecule has 0 unspecified atom stereocenters. The Morgan fingerprint density at radius 1 is 1.24 bits per heavy atom. The Morgan fingerprint density at radius 3 is 2.43 bits per heavy atom. The average molecular weight is 320 g/mol. The van der Waals surface area contributed by atoms with E-state index < -0.39 is 33.2 Å². The van der Waals surface area contributed by atoms with Crippen LogP contribution in [0.4, 0.5) is 18.9 Å². The largest absolute Gasteiger partial charge is 0.316 e. The van der Waals surface area contributed by atoms with E-state index in [1.54, 1.807) is 7.05 Å². The predicted molar refractivity (Wildman–Crippen MR) is 68.5 cm³/mol. The Kier molecular flexibility index (Phi) is 4.19. The van der Waals surface area contributed by atoms with E-state index in [0.717, 1.165) is 0 Å². The summed E-state index contributed by atoms with van der Waals surface area (Å²) < 4.78 is 65.2. The molecule has 10 heteroatoms. The molecule has 0 bridgehead atoms. The number of H-pyrrole nitrogens is 1. The second-order valence-electron chi connectivity index (χ2n) is 4.11. The van der Waals surface area contributed by atoms with Crippen LogP contribution in [0, 0.1) is 17.5 Å². The molecule has 0 aliphatic heterocycles. The van der Waals surface area contributed by atoms with Crippen molar-refractivity contribution >= 4 is 15.7 Å². The van der Waals surface area contributed by atoms with Gasteiger partial charge in [-0.15, -0.1) is 0 Å². The molecule has 0 aliphatic rings. The molecule has 6 nitrogen and oxygen atoms in total. The first kappa shape index (κ1) is 15.3. The van der Waals surface area contributed by atoms with E-state index in [1.165, 1.54) is 6.20 Å². The molecule has 1 heterocycles. The summed E-state index contributed by atoms with van der Waals surface area (Å²) in [6, 6.07) is 1.09. The van der Waals surface area contributed by atoms with E-state index in [0.29, 0.717) is 17.7 Å². The molecule has 2 aromatic rings. The zero-order valence-electron chi connectivity index (χ0n) is 10.7. The molecule has 0 atom stereocenters. The maximum atomic E-state index is 13.1. The monoisotopic (exact) mass is 320 g/mol. The molecule has 0 aliphatic carbocycles. The summed E-state index contributed by atoms with van der Waals surface area (Å²) in [7, 11) is -2.52. The first-order chi connectivity index (χ1) is 9.85. The van der Waals surface area contributed by atoms with Crippen molar-refractivity contribution in [1.82, 2.24) is 15.5 Å². The number of hydrogen-bond donors (Lipinski definition) is 3. The molecule has 21 heavy (non-hydrogen) atoms. The topological polar surface area (TPSA) is 86.9 Å². The highest BCUT2D eigenvalue weighted by Crippen LogP contribution is 2.21. The van der Waals surface area contributed by atoms with Gasteiger partial charge in [-0.05, 0) is 7.05 Å². The normalized spacial score (nSPS) is 11.6. The Hall–Kier alpha value is -2.07. The maximum absolute atomic E-state index is 13.1. The third-order valence-corrected chi connectivity index (χ3v) is 3.95. The number of nitrogens with one attached hydrogen (secondary N) is 3. The highest BCUT2D eigenvalue weighted by molar-refractivity contribution is 7.92. The van der Waals surface area contributed by atoms with Crippen molar-refractivity contribution in [2.75, 3.05) is 11.8 Å². The zero-order chi connectivity index (χ0) is 15.6. The van der Waals surface area contributed by atoms with Gasteiger partial charge in [-0.3, -0.25) is 9.82 Å². The number of sulfonamides is 1. The van der Waals surface area contributed by atoms with E-state index >= 15 is 0 Å². The quantitative estimate of drug-likeness (QED) is 0.726. The van der Waals surface area contributed by atoms with Gasteiger partial charge in [-0.25, -0.2) is 13.2 Å². The van der Waals surface area contributed by atoms with E-state index in [-0.39, 0.29) is 11.6 Å². The van der Waals surface area contributed by atoms with E-state index in [2.05, 4.69) is 15.5 Å². The molecule has 1 aromatic carbocycles. The fraction of sp³-hybridized carbons (Fsp3) is 0.182. The van der Waals surface area contributed by atoms with Crippen molar-refractivity contribution in [3.8, 4) is 0 Å². The summed E-state index contributed by atoms with van der Waals surface area (Å²) in [4.78, 5) is 0. The fourth-order valence-corrected chi connectivity index (χ4v) is 2.84. The molecular formula is C11H11F3N4O2S. The van der Waals surface area contributed by atoms with Crippen LogP contribution in [0.15, 0.2) is 23.4 Å². The molecule has 0 radical (unpaired) electrons. The lowest BCUT2D eigenvalue weighted by Gasteiger charge is -2.09. The lowest BCUT2D eigenvalue weighted by molar-refractivity contribution is 0.448. The lowest BCUT2D eigenvalue weighted by atomic mass is 10.3. The summed E-state index contributed by atoms with van der Waals surface area (Å²) in [6.07, 6.45) is 1.30. The van der Waals surface area contributed by atoms with Crippen molar-refractivity contribution in [3.63, 3.8) is 0 Å². The average Bonchev–Trinajstić information content (AvgIpc) is 2.85. The van der Waals surface area contributed by atoms with Gasteiger partial charge in [0.1, 0.15) is 0 Å². The van der Waals surface area contributed by atoms with Crippen molar-refractivity contribution in [3.05, 3.63) is 41.3 Å². The van der Waals surface area contributed by atoms with Gasteiger partial charge in [-0.2, -0.15) is 13.5 Å². The van der Waals surface area contributed by atoms with E-state index in [1.807, 2.05) is 4.72 Å². The van der Waals surface area contributed by atoms with Crippen LogP contribution in [-0.4, -0.2) is 25.7 Å². The minimum atomic E-state index is -4.13. The number of aromatic amines is 1. The number of rotatable bonds is 5. The van der Waals surface area contributed by atoms with Crippen molar-refractivity contribution in [2.24, 2.45) is 0 Å². The highest BCUT2D eigenvalue weighted by atomic mass is 32.2. The Balaban J connectivity index is 2.35. The molecule has 0 spiro atoms. The first-order valence-electron chi connectivity index (χ1n) is 5.69. The van der Waals surface area contributed by atoms with Gasteiger partial charge < -0.3 is 5.32 Å². The number of hydrogen-bond acceptors (Lipinski definition) is 4. The van der Waals surface area contributed by atoms with Gasteiger partial charge in [0, 0.05) is 24.2 Å². The van der Waals surface area contributed by atoms with Gasteiger partial charge >= 0.3 is 0 Å². The third kappa shape index (κ3) is 3.16. The van der Waals surface area contributed by atoms with Crippen molar-refractivity contribution < 1.29 is 21.6 Å². The minimum Gasteiger partial charge on any atom is -0.316 e. The van der Waals surface area contributed by atoms with Crippen LogP contribution in [0.5, 0.6) is 0 Å². The predicted octanol–water partition coefficient (Wildman–Crippen LogP) is 1.35. The standard InChI is InChI=1S/C11H11F3N4O2S/c1-15-4-6-5-16-17-11(6)21(19,20)18-7-2-8(12)10(14)9(13)3-7/h2-3,5,15,18H,4H2,1H3,(H,16,17). The van der Waals surface area contributed by atoms with Gasteiger partial charge in [-0.1, -0.05) is 0 Å². The van der Waals surface area contributed by atoms with E-state index in [4.69, 9.17) is 0 Å². The molecular weight excluding hydrogens is 309 g/mol. The van der Waals surface area contributed by atoms with Crippen molar-refractivity contribution in [1.29, 1.82) is 0 Å². The number of benzene rings is 1. The molecule has 0 fully saturated rings. The number of nitrogens with zero attached hydrogens (tertiary/aromatic N) is 1. The SMILES string of the molecule is CNCc1cn[nH]c1S(=O)(=O)Nc1cc(F)c(F)c(F)c1. The molecule has 1 aromatic heterocycles. The summed E-state index contributed by atoms with van der Waals surface area (Å²) in [5.74, 6) is -4.66. The van der Waals surface area contributed by atoms with Crippen molar-refractivity contribution in [2.45, 2.75) is 11.6 Å². The van der Waals surface area contributed by atoms with Crippen LogP contribution in [0.3, 0.4) is 0 Å². The fourth-order valence-electron chi connectivity index (χ4n) is 1.67. The molecule has 0 saturated carbocycles. The number of anilines is 1. The summed E-state index contributed by atoms with van der Waals surface area (Å²) >= 11 is 0. The highest BCUT2D eigenvalue weighted by Gasteiger charge is 2.22. The summed E-state index contributed by atoms with van der Waals surface area (Å²) in [5, 5.41) is 8.40. The number of halogens is 3. The molecule has 3 N–H and O–H groups in total. The second kappa shape index (κ2) is 5.74. The molecule has 114 valence electrons. The van der Waals surface area contributed by atoms with Gasteiger partial charge in [0.2, 0.25) is 0 Å². The van der Waals surface area contributed by atoms with Gasteiger partial charge in [0.25, 0.3) is 10.0 Å². The Labute approximate surface area is 118 Å². The first-order valence-corrected chi connectivity index (χ1v) is 7.17. The molecule has 2 rings (SSSR count). The van der Waals surface area contributed by atoms with Crippen LogP contribution in [0.1, 0.15) is 5.56 Å². The number of aromatic nitrogens is 2. The zero-order valence-corrected chi connectivity index (χ0v) is 11.6. The van der Waals surface area contributed by atoms with Crippen LogP contribution in [0.25, 0.3) is 0 Å².